The van der Waals surface area contributed by atoms with Crippen molar-refractivity contribution in [1.29, 1.82) is 0 Å². The largest absolute Gasteiger partial charge is 0.698 e. The standard InChI is InChI=1S/C11H20O5P/c1-9(2)7-8(14-11(5,6)13-7)10(3,4)16-17(12)15-9/h7-8H,1-6H3/q+1/t7-,8-/m1/s1. The van der Waals surface area contributed by atoms with Crippen molar-refractivity contribution in [3.8, 4) is 0 Å². The van der Waals surface area contributed by atoms with Gasteiger partial charge in [-0.15, -0.1) is 9.05 Å². The summed E-state index contributed by atoms with van der Waals surface area (Å²) >= 11 is 0. The van der Waals surface area contributed by atoms with Gasteiger partial charge in [-0.05, 0) is 41.5 Å². The van der Waals surface area contributed by atoms with E-state index in [1.165, 1.54) is 0 Å². The summed E-state index contributed by atoms with van der Waals surface area (Å²) in [6.45, 7) is 11.1. The highest BCUT2D eigenvalue weighted by Crippen LogP contribution is 2.50. The summed E-state index contributed by atoms with van der Waals surface area (Å²) in [7, 11) is -2.16. The van der Waals surface area contributed by atoms with Crippen molar-refractivity contribution in [1.82, 2.24) is 0 Å². The first-order chi connectivity index (χ1) is 7.54. The van der Waals surface area contributed by atoms with Gasteiger partial charge in [0.05, 0.1) is 0 Å². The monoisotopic (exact) mass is 263 g/mol. The normalized spacial score (nSPS) is 38.6. The van der Waals surface area contributed by atoms with Crippen molar-refractivity contribution in [3.63, 3.8) is 0 Å². The molecule has 2 heterocycles. The minimum Gasteiger partial charge on any atom is -0.341 e. The Balaban J connectivity index is 2.39. The van der Waals surface area contributed by atoms with Crippen LogP contribution in [0.2, 0.25) is 0 Å². The van der Waals surface area contributed by atoms with Gasteiger partial charge in [-0.1, -0.05) is 0 Å². The quantitative estimate of drug-likeness (QED) is 0.629. The molecule has 6 heteroatoms. The predicted octanol–water partition coefficient (Wildman–Crippen LogP) is 2.77. The third kappa shape index (κ3) is 2.40. The second-order valence-electron chi connectivity index (χ2n) is 6.09. The molecule has 2 fully saturated rings. The third-order valence-corrected chi connectivity index (χ3v) is 4.33. The Labute approximate surface area is 103 Å². The van der Waals surface area contributed by atoms with Gasteiger partial charge in [-0.2, -0.15) is 0 Å². The van der Waals surface area contributed by atoms with Crippen LogP contribution >= 0.6 is 8.25 Å². The minimum atomic E-state index is -2.16. The van der Waals surface area contributed by atoms with Gasteiger partial charge in [0.15, 0.2) is 5.79 Å². The molecule has 5 nitrogen and oxygen atoms in total. The lowest BCUT2D eigenvalue weighted by Crippen LogP contribution is -2.50. The lowest BCUT2D eigenvalue weighted by atomic mass is 9.88. The number of fused-ring (bicyclic) bond motifs is 1. The van der Waals surface area contributed by atoms with Crippen LogP contribution < -0.4 is 0 Å². The number of rotatable bonds is 0. The van der Waals surface area contributed by atoms with E-state index in [2.05, 4.69) is 0 Å². The molecule has 2 aliphatic rings. The fourth-order valence-corrected chi connectivity index (χ4v) is 3.30. The van der Waals surface area contributed by atoms with E-state index in [1.54, 1.807) is 0 Å². The van der Waals surface area contributed by atoms with Gasteiger partial charge in [-0.3, -0.25) is 0 Å². The van der Waals surface area contributed by atoms with E-state index >= 15 is 0 Å². The minimum absolute atomic E-state index is 0.311. The molecule has 0 saturated carbocycles. The molecule has 0 N–H and O–H groups in total. The molecule has 2 atom stereocenters. The van der Waals surface area contributed by atoms with Crippen LogP contribution in [-0.2, 0) is 23.1 Å². The summed E-state index contributed by atoms with van der Waals surface area (Å²) in [6, 6.07) is 0. The Morgan fingerprint density at radius 3 is 1.53 bits per heavy atom. The molecule has 2 aliphatic heterocycles. The van der Waals surface area contributed by atoms with E-state index in [4.69, 9.17) is 18.5 Å². The van der Waals surface area contributed by atoms with Gasteiger partial charge in [-0.25, -0.2) is 0 Å². The Hall–Kier alpha value is -0.0600. The molecular weight excluding hydrogens is 243 g/mol. The van der Waals surface area contributed by atoms with Gasteiger partial charge in [0, 0.05) is 4.57 Å². The Morgan fingerprint density at radius 1 is 0.824 bits per heavy atom. The average Bonchev–Trinajstić information content (AvgIpc) is 2.37. The molecule has 0 aromatic rings. The first-order valence-corrected chi connectivity index (χ1v) is 6.84. The maximum atomic E-state index is 11.7. The molecule has 0 spiro atoms. The highest BCUT2D eigenvalue weighted by Gasteiger charge is 2.63. The van der Waals surface area contributed by atoms with Crippen LogP contribution in [0.15, 0.2) is 0 Å². The predicted molar refractivity (Wildman–Crippen MR) is 61.8 cm³/mol. The van der Waals surface area contributed by atoms with Crippen molar-refractivity contribution >= 4 is 8.25 Å². The molecule has 0 aromatic carbocycles. The van der Waals surface area contributed by atoms with E-state index in [9.17, 15) is 4.57 Å². The number of hydrogen-bond donors (Lipinski definition) is 0. The highest BCUT2D eigenvalue weighted by molar-refractivity contribution is 7.33. The molecule has 0 unspecified atom stereocenters. The Kier molecular flexibility index (Phi) is 2.92. The van der Waals surface area contributed by atoms with E-state index in [-0.39, 0.29) is 12.2 Å². The van der Waals surface area contributed by atoms with Crippen LogP contribution in [0.25, 0.3) is 0 Å². The van der Waals surface area contributed by atoms with Crippen molar-refractivity contribution in [3.05, 3.63) is 0 Å². The van der Waals surface area contributed by atoms with E-state index in [0.717, 1.165) is 0 Å². The van der Waals surface area contributed by atoms with Crippen molar-refractivity contribution < 1.29 is 23.1 Å². The molecule has 2 rings (SSSR count). The SMILES string of the molecule is CC1(C)O[C@@H]2[C@@H](O1)C(C)(C)O[P+](=O)OC2(C)C. The molecule has 0 radical (unpaired) electrons. The zero-order chi connectivity index (χ0) is 13.1. The second-order valence-corrected chi connectivity index (χ2v) is 6.90. The lowest BCUT2D eigenvalue weighted by molar-refractivity contribution is -0.173. The van der Waals surface area contributed by atoms with Gasteiger partial charge in [0.1, 0.15) is 23.4 Å². The van der Waals surface area contributed by atoms with Crippen molar-refractivity contribution in [2.24, 2.45) is 0 Å². The lowest BCUT2D eigenvalue weighted by Gasteiger charge is -2.29. The summed E-state index contributed by atoms with van der Waals surface area (Å²) in [5.41, 5.74) is -1.42. The van der Waals surface area contributed by atoms with Crippen LogP contribution in [-0.4, -0.2) is 29.2 Å². The highest BCUT2D eigenvalue weighted by atomic mass is 31.1. The first kappa shape index (κ1) is 13.4. The van der Waals surface area contributed by atoms with Gasteiger partial charge in [0.2, 0.25) is 0 Å². The summed E-state index contributed by atoms with van der Waals surface area (Å²) in [5, 5.41) is 0. The molecular formula is C11H20O5P+. The molecule has 2 saturated heterocycles. The van der Waals surface area contributed by atoms with Gasteiger partial charge in [0.25, 0.3) is 0 Å². The second kappa shape index (κ2) is 3.72. The average molecular weight is 263 g/mol. The van der Waals surface area contributed by atoms with E-state index in [1.807, 2.05) is 41.5 Å². The zero-order valence-electron chi connectivity index (χ0n) is 11.1. The Bertz CT molecular complexity index is 320. The van der Waals surface area contributed by atoms with E-state index < -0.39 is 25.2 Å². The molecule has 0 amide bonds. The summed E-state index contributed by atoms with van der Waals surface area (Å²) in [6.07, 6.45) is -0.622. The van der Waals surface area contributed by atoms with Crippen LogP contribution in [0.4, 0.5) is 0 Å². The summed E-state index contributed by atoms with van der Waals surface area (Å²) in [4.78, 5) is 0. The third-order valence-electron chi connectivity index (χ3n) is 3.09. The maximum Gasteiger partial charge on any atom is 0.698 e. The van der Waals surface area contributed by atoms with E-state index in [0.29, 0.717) is 0 Å². The number of hydrogen-bond acceptors (Lipinski definition) is 5. The topological polar surface area (TPSA) is 54.0 Å². The van der Waals surface area contributed by atoms with Gasteiger partial charge < -0.3 is 9.47 Å². The van der Waals surface area contributed by atoms with Crippen LogP contribution in [0.3, 0.4) is 0 Å². The smallest absolute Gasteiger partial charge is 0.341 e. The van der Waals surface area contributed by atoms with Crippen molar-refractivity contribution in [2.45, 2.75) is 70.7 Å². The molecule has 17 heavy (non-hydrogen) atoms. The fourth-order valence-electron chi connectivity index (χ4n) is 2.28. The number of ether oxygens (including phenoxy) is 2. The molecule has 98 valence electrons. The molecule has 0 aromatic heterocycles. The van der Waals surface area contributed by atoms with Crippen LogP contribution in [0.1, 0.15) is 41.5 Å². The molecule has 0 aliphatic carbocycles. The van der Waals surface area contributed by atoms with Crippen LogP contribution in [0.5, 0.6) is 0 Å². The van der Waals surface area contributed by atoms with Crippen LogP contribution in [0, 0.1) is 0 Å². The first-order valence-electron chi connectivity index (χ1n) is 5.75. The Morgan fingerprint density at radius 2 is 1.18 bits per heavy atom. The molecule has 0 bridgehead atoms. The fraction of sp³-hybridized carbons (Fsp3) is 1.00. The van der Waals surface area contributed by atoms with Gasteiger partial charge >= 0.3 is 8.25 Å². The van der Waals surface area contributed by atoms with Crippen molar-refractivity contribution in [2.75, 3.05) is 0 Å². The summed E-state index contributed by atoms with van der Waals surface area (Å²) in [5.74, 6) is -0.681. The summed E-state index contributed by atoms with van der Waals surface area (Å²) < 4.78 is 34.3. The zero-order valence-corrected chi connectivity index (χ0v) is 12.0. The maximum absolute atomic E-state index is 11.7.